The van der Waals surface area contributed by atoms with Gasteiger partial charge in [-0.2, -0.15) is 0 Å². The van der Waals surface area contributed by atoms with Crippen molar-refractivity contribution in [1.82, 2.24) is 20.2 Å². The third-order valence-corrected chi connectivity index (χ3v) is 7.46. The van der Waals surface area contributed by atoms with Gasteiger partial charge < -0.3 is 25.4 Å². The highest BCUT2D eigenvalue weighted by molar-refractivity contribution is 6.03. The van der Waals surface area contributed by atoms with Crippen LogP contribution in [0, 0.1) is 23.4 Å². The van der Waals surface area contributed by atoms with E-state index in [1.807, 2.05) is 6.92 Å². The molecule has 1 aromatic carbocycles. The summed E-state index contributed by atoms with van der Waals surface area (Å²) in [4.78, 5) is 47.1. The van der Waals surface area contributed by atoms with Gasteiger partial charge in [0.15, 0.2) is 0 Å². The summed E-state index contributed by atoms with van der Waals surface area (Å²) in [6.45, 7) is 7.04. The Morgan fingerprint density at radius 3 is 2.34 bits per heavy atom. The first-order valence-corrected chi connectivity index (χ1v) is 14.0. The Balaban J connectivity index is 1.62. The quantitative estimate of drug-likeness (QED) is 0.302. The average molecular weight is 614 g/mol. The molecule has 0 spiro atoms. The molecule has 0 unspecified atom stereocenters. The molecule has 1 saturated carbocycles. The Hall–Kier alpha value is -4.68. The number of anilines is 1. The van der Waals surface area contributed by atoms with E-state index in [-0.39, 0.29) is 17.5 Å². The second-order valence-corrected chi connectivity index (χ2v) is 11.8. The van der Waals surface area contributed by atoms with Crippen LogP contribution in [0.3, 0.4) is 0 Å². The number of nitrogens with one attached hydrogen (secondary N) is 2. The molecule has 234 valence electrons. The molecule has 4 atom stereocenters. The number of benzene rings is 1. The molecule has 2 heterocycles. The summed E-state index contributed by atoms with van der Waals surface area (Å²) in [5, 5.41) is 15.3. The Bertz CT molecular complexity index is 1540. The summed E-state index contributed by atoms with van der Waals surface area (Å²) >= 11 is 0. The van der Waals surface area contributed by atoms with Crippen LogP contribution in [-0.4, -0.2) is 62.8 Å². The van der Waals surface area contributed by atoms with E-state index >= 15 is 0 Å². The molecule has 4 rings (SSSR count). The number of hydrogen-bond acceptors (Lipinski definition) is 6. The predicted molar refractivity (Wildman–Crippen MR) is 156 cm³/mol. The number of carboxylic acid groups (broad SMARTS) is 1. The van der Waals surface area contributed by atoms with Crippen LogP contribution in [0.25, 0.3) is 11.3 Å². The fourth-order valence-corrected chi connectivity index (χ4v) is 5.68. The Labute approximate surface area is 252 Å². The Morgan fingerprint density at radius 1 is 1.02 bits per heavy atom. The van der Waals surface area contributed by atoms with Gasteiger partial charge in [0.2, 0.25) is 0 Å². The highest BCUT2D eigenvalue weighted by atomic mass is 19.1. The Kier molecular flexibility index (Phi) is 9.45. The average Bonchev–Trinajstić information content (AvgIpc) is 2.92. The van der Waals surface area contributed by atoms with Gasteiger partial charge in [0, 0.05) is 13.2 Å². The summed E-state index contributed by atoms with van der Waals surface area (Å²) in [7, 11) is 1.45. The van der Waals surface area contributed by atoms with Crippen LogP contribution < -0.4 is 10.6 Å². The van der Waals surface area contributed by atoms with E-state index in [9.17, 15) is 32.7 Å². The lowest BCUT2D eigenvalue weighted by atomic mass is 9.72. The summed E-state index contributed by atoms with van der Waals surface area (Å²) in [6.07, 6.45) is 1.94. The fraction of sp³-hybridized carbons (Fsp3) is 0.387. The molecular weight excluding hydrogens is 579 g/mol. The minimum Gasteiger partial charge on any atom is -0.465 e. The molecule has 0 aliphatic heterocycles. The SMILES string of the molecule is C[C@H]1C[C@@H](c2ccncc2NC(=O)c2ccc(F)c(-c3c(F)cccc3F)n2)C[C@@H](NC(=O)OC(C)(C)C)[C@H]1N(C)C(=O)O. The van der Waals surface area contributed by atoms with Crippen molar-refractivity contribution in [3.63, 3.8) is 0 Å². The highest BCUT2D eigenvalue weighted by Gasteiger charge is 2.42. The smallest absolute Gasteiger partial charge is 0.407 e. The van der Waals surface area contributed by atoms with Crippen LogP contribution in [0.15, 0.2) is 48.8 Å². The first-order chi connectivity index (χ1) is 20.7. The van der Waals surface area contributed by atoms with Gasteiger partial charge in [-0.15, -0.1) is 0 Å². The van der Waals surface area contributed by atoms with Crippen molar-refractivity contribution in [3.05, 3.63) is 77.5 Å². The van der Waals surface area contributed by atoms with Crippen molar-refractivity contribution in [2.75, 3.05) is 12.4 Å². The zero-order valence-electron chi connectivity index (χ0n) is 24.9. The number of rotatable bonds is 6. The van der Waals surface area contributed by atoms with E-state index in [1.165, 1.54) is 24.3 Å². The van der Waals surface area contributed by atoms with Gasteiger partial charge in [-0.25, -0.2) is 27.7 Å². The highest BCUT2D eigenvalue weighted by Crippen LogP contribution is 2.41. The molecule has 44 heavy (non-hydrogen) atoms. The number of aromatic nitrogens is 2. The molecule has 0 saturated heterocycles. The molecule has 1 fully saturated rings. The molecular formula is C31H34F3N5O5. The zero-order valence-corrected chi connectivity index (χ0v) is 24.9. The number of ether oxygens (including phenoxy) is 1. The number of hydrogen-bond donors (Lipinski definition) is 3. The van der Waals surface area contributed by atoms with Crippen LogP contribution in [0.4, 0.5) is 28.4 Å². The molecule has 3 aromatic rings. The molecule has 10 nitrogen and oxygen atoms in total. The Morgan fingerprint density at radius 2 is 1.70 bits per heavy atom. The summed E-state index contributed by atoms with van der Waals surface area (Å²) in [5.74, 6) is -4.32. The van der Waals surface area contributed by atoms with E-state index < -0.39 is 64.5 Å². The largest absolute Gasteiger partial charge is 0.465 e. The van der Waals surface area contributed by atoms with Crippen molar-refractivity contribution in [3.8, 4) is 11.3 Å². The lowest BCUT2D eigenvalue weighted by Crippen LogP contribution is -2.58. The van der Waals surface area contributed by atoms with Gasteiger partial charge in [0.05, 0.1) is 29.5 Å². The zero-order chi connectivity index (χ0) is 32.3. The predicted octanol–water partition coefficient (Wildman–Crippen LogP) is 6.20. The van der Waals surface area contributed by atoms with E-state index in [2.05, 4.69) is 20.6 Å². The monoisotopic (exact) mass is 613 g/mol. The van der Waals surface area contributed by atoms with E-state index in [4.69, 9.17) is 4.74 Å². The minimum absolute atomic E-state index is 0.219. The van der Waals surface area contributed by atoms with Crippen molar-refractivity contribution < 1.29 is 37.4 Å². The molecule has 3 N–H and O–H groups in total. The first kappa shape index (κ1) is 32.2. The van der Waals surface area contributed by atoms with Crippen LogP contribution >= 0.6 is 0 Å². The normalized spacial score (nSPS) is 20.0. The third kappa shape index (κ3) is 7.26. The maximum Gasteiger partial charge on any atom is 0.407 e. The van der Waals surface area contributed by atoms with Crippen molar-refractivity contribution >= 4 is 23.8 Å². The summed E-state index contributed by atoms with van der Waals surface area (Å²) in [6, 6.07) is 5.57. The van der Waals surface area contributed by atoms with Gasteiger partial charge in [0.25, 0.3) is 5.91 Å². The number of alkyl carbamates (subject to hydrolysis) is 1. The lowest BCUT2D eigenvalue weighted by Gasteiger charge is -2.44. The van der Waals surface area contributed by atoms with Crippen LogP contribution in [0.2, 0.25) is 0 Å². The molecule has 13 heteroatoms. The van der Waals surface area contributed by atoms with Crippen molar-refractivity contribution in [2.45, 2.75) is 64.1 Å². The van der Waals surface area contributed by atoms with Crippen LogP contribution in [0.5, 0.6) is 0 Å². The number of likely N-dealkylation sites (N-methyl/N-ethyl adjacent to an activating group) is 1. The van der Waals surface area contributed by atoms with Crippen molar-refractivity contribution in [1.29, 1.82) is 0 Å². The van der Waals surface area contributed by atoms with Gasteiger partial charge in [-0.1, -0.05) is 13.0 Å². The molecule has 1 aliphatic carbocycles. The van der Waals surface area contributed by atoms with Gasteiger partial charge in [-0.3, -0.25) is 9.78 Å². The lowest BCUT2D eigenvalue weighted by molar-refractivity contribution is 0.0375. The molecule has 2 aromatic heterocycles. The van der Waals surface area contributed by atoms with Gasteiger partial charge in [-0.05, 0) is 81.3 Å². The van der Waals surface area contributed by atoms with E-state index in [1.54, 1.807) is 26.8 Å². The summed E-state index contributed by atoms with van der Waals surface area (Å²) < 4.78 is 48.8. The second kappa shape index (κ2) is 12.9. The van der Waals surface area contributed by atoms with Crippen LogP contribution in [0.1, 0.15) is 62.5 Å². The topological polar surface area (TPSA) is 134 Å². The number of amides is 3. The fourth-order valence-electron chi connectivity index (χ4n) is 5.68. The molecule has 3 amide bonds. The van der Waals surface area contributed by atoms with Gasteiger partial charge >= 0.3 is 12.2 Å². The van der Waals surface area contributed by atoms with Gasteiger partial charge in [0.1, 0.15) is 34.4 Å². The maximum atomic E-state index is 14.6. The standard InChI is InChI=1S/C31H34F3N5O5/c1-16-13-17(14-23(27(16)39(5)30(42)43)38-29(41)44-31(2,3)4)18-11-12-35-15-24(18)37-28(40)22-10-9-21(34)26(36-22)25-19(32)7-6-8-20(25)33/h6-12,15-17,23,27H,13-14H2,1-5H3,(H,37,40)(H,38,41)(H,42,43)/t16-,17+,23+,27-/m0/s1. The maximum absolute atomic E-state index is 14.6. The first-order valence-electron chi connectivity index (χ1n) is 14.0. The van der Waals surface area contributed by atoms with E-state index in [0.717, 1.165) is 30.3 Å². The van der Waals surface area contributed by atoms with Crippen molar-refractivity contribution in [2.24, 2.45) is 5.92 Å². The number of halogens is 3. The minimum atomic E-state index is -1.14. The number of carbonyl (C=O) groups is 3. The summed E-state index contributed by atoms with van der Waals surface area (Å²) in [5.41, 5.74) is -1.43. The molecule has 0 bridgehead atoms. The van der Waals surface area contributed by atoms with Crippen LogP contribution in [-0.2, 0) is 4.74 Å². The number of nitrogens with zero attached hydrogens (tertiary/aromatic N) is 3. The molecule has 0 radical (unpaired) electrons. The number of carbonyl (C=O) groups excluding carboxylic acids is 2. The second-order valence-electron chi connectivity index (χ2n) is 11.8. The number of pyridine rings is 2. The molecule has 1 aliphatic rings. The third-order valence-electron chi connectivity index (χ3n) is 7.46. The van der Waals surface area contributed by atoms with E-state index in [0.29, 0.717) is 24.1 Å².